The van der Waals surface area contributed by atoms with Crippen LogP contribution >= 0.6 is 0 Å². The summed E-state index contributed by atoms with van der Waals surface area (Å²) in [5.74, 6) is 1.12. The summed E-state index contributed by atoms with van der Waals surface area (Å²) in [6, 6.07) is 15.9. The van der Waals surface area contributed by atoms with Crippen molar-refractivity contribution in [3.63, 3.8) is 0 Å². The number of para-hydroxylation sites is 2. The number of nitrogens with zero attached hydrogens (tertiary/aromatic N) is 5. The molecular weight excluding hydrogens is 344 g/mol. The quantitative estimate of drug-likeness (QED) is 0.428. The standard InChI is InChI=1S/C19H16N6O2/c1-13(14-5-4-6-15(11-14)25(26)27)22-19-20-10-9-18(23-19)24-12-21-16-7-2-3-8-17(16)24/h2-13H,1H3,(H,20,22,23)/t13-/m1/s1. The molecule has 0 amide bonds. The first-order chi connectivity index (χ1) is 13.1. The summed E-state index contributed by atoms with van der Waals surface area (Å²) >= 11 is 0. The molecule has 0 saturated heterocycles. The number of aromatic nitrogens is 4. The molecule has 2 heterocycles. The third-order valence-corrected chi connectivity index (χ3v) is 4.27. The van der Waals surface area contributed by atoms with Gasteiger partial charge in [0, 0.05) is 18.3 Å². The molecule has 27 heavy (non-hydrogen) atoms. The molecule has 2 aromatic heterocycles. The minimum Gasteiger partial charge on any atom is -0.348 e. The van der Waals surface area contributed by atoms with E-state index in [4.69, 9.17) is 0 Å². The normalized spacial score (nSPS) is 12.0. The molecule has 0 unspecified atom stereocenters. The molecule has 0 aliphatic heterocycles. The Hall–Kier alpha value is -3.81. The predicted octanol–water partition coefficient (Wildman–Crippen LogP) is 3.90. The fraction of sp³-hybridized carbons (Fsp3) is 0.105. The van der Waals surface area contributed by atoms with Crippen LogP contribution in [0.2, 0.25) is 0 Å². The van der Waals surface area contributed by atoms with Crippen molar-refractivity contribution in [2.45, 2.75) is 13.0 Å². The number of fused-ring (bicyclic) bond motifs is 1. The number of imidazole rings is 1. The lowest BCUT2D eigenvalue weighted by atomic mass is 10.1. The van der Waals surface area contributed by atoms with E-state index in [1.54, 1.807) is 30.7 Å². The number of hydrogen-bond donors (Lipinski definition) is 1. The molecule has 0 bridgehead atoms. The lowest BCUT2D eigenvalue weighted by molar-refractivity contribution is -0.384. The summed E-state index contributed by atoms with van der Waals surface area (Å²) in [5, 5.41) is 14.2. The number of anilines is 1. The summed E-state index contributed by atoms with van der Waals surface area (Å²) < 4.78 is 1.89. The van der Waals surface area contributed by atoms with E-state index in [2.05, 4.69) is 20.3 Å². The van der Waals surface area contributed by atoms with Crippen LogP contribution in [0.3, 0.4) is 0 Å². The van der Waals surface area contributed by atoms with E-state index < -0.39 is 4.92 Å². The van der Waals surface area contributed by atoms with Crippen molar-refractivity contribution in [3.05, 3.63) is 82.8 Å². The van der Waals surface area contributed by atoms with E-state index in [0.717, 1.165) is 16.6 Å². The van der Waals surface area contributed by atoms with Crippen molar-refractivity contribution in [2.24, 2.45) is 0 Å². The Kier molecular flexibility index (Phi) is 4.21. The number of nitro benzene ring substituents is 1. The minimum absolute atomic E-state index is 0.0562. The summed E-state index contributed by atoms with van der Waals surface area (Å²) in [6.07, 6.45) is 3.39. The predicted molar refractivity (Wildman–Crippen MR) is 102 cm³/mol. The molecule has 4 rings (SSSR count). The van der Waals surface area contributed by atoms with E-state index in [-0.39, 0.29) is 11.7 Å². The van der Waals surface area contributed by atoms with Gasteiger partial charge in [0.1, 0.15) is 12.1 Å². The van der Waals surface area contributed by atoms with Gasteiger partial charge in [-0.05, 0) is 30.7 Å². The second-order valence-electron chi connectivity index (χ2n) is 6.06. The van der Waals surface area contributed by atoms with Crippen LogP contribution in [-0.4, -0.2) is 24.4 Å². The van der Waals surface area contributed by atoms with Crippen molar-refractivity contribution < 1.29 is 4.92 Å². The molecule has 0 radical (unpaired) electrons. The van der Waals surface area contributed by atoms with E-state index in [1.165, 1.54) is 6.07 Å². The highest BCUT2D eigenvalue weighted by Gasteiger charge is 2.13. The Bertz CT molecular complexity index is 1120. The van der Waals surface area contributed by atoms with Crippen LogP contribution in [0.1, 0.15) is 18.5 Å². The van der Waals surface area contributed by atoms with Gasteiger partial charge in [-0.15, -0.1) is 0 Å². The van der Waals surface area contributed by atoms with Gasteiger partial charge < -0.3 is 5.32 Å². The topological polar surface area (TPSA) is 98.8 Å². The number of rotatable bonds is 5. The molecule has 4 aromatic rings. The molecule has 8 nitrogen and oxygen atoms in total. The highest BCUT2D eigenvalue weighted by Crippen LogP contribution is 2.22. The molecular formula is C19H16N6O2. The van der Waals surface area contributed by atoms with Crippen LogP contribution in [0.5, 0.6) is 0 Å². The third-order valence-electron chi connectivity index (χ3n) is 4.27. The minimum atomic E-state index is -0.405. The summed E-state index contributed by atoms with van der Waals surface area (Å²) in [6.45, 7) is 1.90. The number of nitrogens with one attached hydrogen (secondary N) is 1. The molecule has 8 heteroatoms. The molecule has 1 N–H and O–H groups in total. The molecule has 134 valence electrons. The Balaban J connectivity index is 1.61. The Labute approximate surface area is 154 Å². The van der Waals surface area contributed by atoms with Crippen molar-refractivity contribution >= 4 is 22.7 Å². The molecule has 0 aliphatic rings. The molecule has 2 aromatic carbocycles. The largest absolute Gasteiger partial charge is 0.348 e. The second kappa shape index (κ2) is 6.83. The number of non-ortho nitro benzene ring substituents is 1. The van der Waals surface area contributed by atoms with Crippen molar-refractivity contribution in [1.82, 2.24) is 19.5 Å². The van der Waals surface area contributed by atoms with Gasteiger partial charge >= 0.3 is 0 Å². The number of benzene rings is 2. The van der Waals surface area contributed by atoms with Crippen LogP contribution in [0.4, 0.5) is 11.6 Å². The maximum atomic E-state index is 11.0. The van der Waals surface area contributed by atoms with E-state index in [9.17, 15) is 10.1 Å². The lowest BCUT2D eigenvalue weighted by Crippen LogP contribution is -2.10. The van der Waals surface area contributed by atoms with Crippen LogP contribution in [0.15, 0.2) is 67.1 Å². The van der Waals surface area contributed by atoms with E-state index in [0.29, 0.717) is 11.8 Å². The van der Waals surface area contributed by atoms with Crippen LogP contribution in [-0.2, 0) is 0 Å². The first-order valence-corrected chi connectivity index (χ1v) is 8.38. The molecule has 0 aliphatic carbocycles. The van der Waals surface area contributed by atoms with Crippen molar-refractivity contribution in [1.29, 1.82) is 0 Å². The lowest BCUT2D eigenvalue weighted by Gasteiger charge is -2.14. The van der Waals surface area contributed by atoms with Crippen molar-refractivity contribution in [2.75, 3.05) is 5.32 Å². The third kappa shape index (κ3) is 3.32. The fourth-order valence-corrected chi connectivity index (χ4v) is 2.88. The highest BCUT2D eigenvalue weighted by atomic mass is 16.6. The van der Waals surface area contributed by atoms with Gasteiger partial charge in [0.2, 0.25) is 5.95 Å². The monoisotopic (exact) mass is 360 g/mol. The van der Waals surface area contributed by atoms with E-state index >= 15 is 0 Å². The van der Waals surface area contributed by atoms with Gasteiger partial charge in [-0.3, -0.25) is 14.7 Å². The Morgan fingerprint density at radius 2 is 1.96 bits per heavy atom. The smallest absolute Gasteiger partial charge is 0.269 e. The SMILES string of the molecule is C[C@@H](Nc1nccc(-n2cnc3ccccc32)n1)c1cccc([N+](=O)[O-])c1. The van der Waals surface area contributed by atoms with Crippen LogP contribution in [0.25, 0.3) is 16.9 Å². The molecule has 1 atom stereocenters. The fourth-order valence-electron chi connectivity index (χ4n) is 2.88. The molecule has 0 saturated carbocycles. The summed E-state index contributed by atoms with van der Waals surface area (Å²) in [4.78, 5) is 23.8. The number of hydrogen-bond acceptors (Lipinski definition) is 6. The van der Waals surface area contributed by atoms with E-state index in [1.807, 2.05) is 41.8 Å². The number of nitro groups is 1. The van der Waals surface area contributed by atoms with Gasteiger partial charge in [-0.25, -0.2) is 9.97 Å². The Morgan fingerprint density at radius 1 is 1.11 bits per heavy atom. The average molecular weight is 360 g/mol. The summed E-state index contributed by atoms with van der Waals surface area (Å²) in [5.41, 5.74) is 2.68. The average Bonchev–Trinajstić information content (AvgIpc) is 3.12. The first kappa shape index (κ1) is 16.6. The van der Waals surface area contributed by atoms with Gasteiger partial charge in [0.05, 0.1) is 22.0 Å². The van der Waals surface area contributed by atoms with Gasteiger partial charge in [0.25, 0.3) is 5.69 Å². The molecule has 0 fully saturated rings. The second-order valence-corrected chi connectivity index (χ2v) is 6.06. The maximum absolute atomic E-state index is 11.0. The van der Waals surface area contributed by atoms with Crippen LogP contribution in [0, 0.1) is 10.1 Å². The van der Waals surface area contributed by atoms with Gasteiger partial charge in [0.15, 0.2) is 0 Å². The zero-order valence-electron chi connectivity index (χ0n) is 14.5. The molecule has 0 spiro atoms. The van der Waals surface area contributed by atoms with Crippen molar-refractivity contribution in [3.8, 4) is 5.82 Å². The van der Waals surface area contributed by atoms with Crippen LogP contribution < -0.4 is 5.32 Å². The maximum Gasteiger partial charge on any atom is 0.269 e. The zero-order valence-corrected chi connectivity index (χ0v) is 14.5. The zero-order chi connectivity index (χ0) is 18.8. The first-order valence-electron chi connectivity index (χ1n) is 8.38. The van der Waals surface area contributed by atoms with Gasteiger partial charge in [-0.1, -0.05) is 24.3 Å². The van der Waals surface area contributed by atoms with Gasteiger partial charge in [-0.2, -0.15) is 4.98 Å². The summed E-state index contributed by atoms with van der Waals surface area (Å²) in [7, 11) is 0. The Morgan fingerprint density at radius 3 is 2.81 bits per heavy atom. The highest BCUT2D eigenvalue weighted by molar-refractivity contribution is 5.76.